The van der Waals surface area contributed by atoms with Gasteiger partial charge < -0.3 is 4.90 Å². The summed E-state index contributed by atoms with van der Waals surface area (Å²) < 4.78 is 0. The number of piperidine rings is 1. The molecule has 1 fully saturated rings. The van der Waals surface area contributed by atoms with Crippen LogP contribution in [0.1, 0.15) is 12.8 Å². The number of hydrogen-bond donors (Lipinski definition) is 0. The highest BCUT2D eigenvalue weighted by Gasteiger charge is 2.29. The Kier molecular flexibility index (Phi) is 3.77. The number of carbonyl (C=O) groups excluding carboxylic acids is 1. The highest BCUT2D eigenvalue weighted by Crippen LogP contribution is 2.36. The quantitative estimate of drug-likeness (QED) is 0.718. The van der Waals surface area contributed by atoms with E-state index < -0.39 is 0 Å². The molecule has 0 radical (unpaired) electrons. The van der Waals surface area contributed by atoms with Crippen LogP contribution in [0, 0.1) is 0 Å². The minimum Gasteiger partial charge on any atom is -0.309 e. The summed E-state index contributed by atoms with van der Waals surface area (Å²) in [5, 5.41) is 1.03. The average molecular weight is 323 g/mol. The van der Waals surface area contributed by atoms with Gasteiger partial charge in [0.25, 0.3) is 0 Å². The third-order valence-corrected chi connectivity index (χ3v) is 4.04. The van der Waals surface area contributed by atoms with Gasteiger partial charge in [-0.15, -0.1) is 0 Å². The Morgan fingerprint density at radius 2 is 1.94 bits per heavy atom. The zero-order valence-corrected chi connectivity index (χ0v) is 11.5. The molecule has 1 heterocycles. The fourth-order valence-corrected chi connectivity index (χ4v) is 2.97. The Morgan fingerprint density at radius 1 is 1.31 bits per heavy atom. The Bertz CT molecular complexity index is 404. The van der Waals surface area contributed by atoms with Gasteiger partial charge in [-0.2, -0.15) is 0 Å². The van der Waals surface area contributed by atoms with Crippen LogP contribution in [0.2, 0.25) is 10.0 Å². The number of rotatable bonds is 1. The normalized spacial score (nSPS) is 21.3. The maximum atomic E-state index is 12.0. The van der Waals surface area contributed by atoms with E-state index in [1.807, 2.05) is 0 Å². The first kappa shape index (κ1) is 12.2. The number of halogens is 3. The molecule has 1 aromatic rings. The molecule has 1 atom stereocenters. The van der Waals surface area contributed by atoms with Crippen LogP contribution in [0.5, 0.6) is 0 Å². The molecule has 86 valence electrons. The van der Waals surface area contributed by atoms with Crippen LogP contribution < -0.4 is 4.90 Å². The molecule has 0 bridgehead atoms. The number of para-hydroxylation sites is 1. The molecule has 0 aromatic heterocycles. The summed E-state index contributed by atoms with van der Waals surface area (Å²) in [6.45, 7) is 0.671. The lowest BCUT2D eigenvalue weighted by molar-refractivity contribution is -0.118. The molecule has 1 amide bonds. The molecule has 0 spiro atoms. The molecule has 1 aliphatic rings. The summed E-state index contributed by atoms with van der Waals surface area (Å²) in [4.78, 5) is 13.5. The highest BCUT2D eigenvalue weighted by molar-refractivity contribution is 9.10. The van der Waals surface area contributed by atoms with Crippen molar-refractivity contribution in [1.82, 2.24) is 0 Å². The van der Waals surface area contributed by atoms with Crippen molar-refractivity contribution in [3.63, 3.8) is 0 Å². The molecule has 1 aliphatic heterocycles. The van der Waals surface area contributed by atoms with E-state index in [4.69, 9.17) is 23.2 Å². The van der Waals surface area contributed by atoms with Crippen LogP contribution in [0.25, 0.3) is 0 Å². The Labute approximate surface area is 113 Å². The van der Waals surface area contributed by atoms with Gasteiger partial charge >= 0.3 is 0 Å². The number of amides is 1. The fourth-order valence-electron chi connectivity index (χ4n) is 1.80. The molecular weight excluding hydrogens is 313 g/mol. The van der Waals surface area contributed by atoms with E-state index >= 15 is 0 Å². The van der Waals surface area contributed by atoms with Crippen molar-refractivity contribution >= 4 is 50.7 Å². The molecule has 16 heavy (non-hydrogen) atoms. The van der Waals surface area contributed by atoms with Crippen molar-refractivity contribution in [3.8, 4) is 0 Å². The number of nitrogens with zero attached hydrogens (tertiary/aromatic N) is 1. The monoisotopic (exact) mass is 321 g/mol. The van der Waals surface area contributed by atoms with Crippen molar-refractivity contribution in [3.05, 3.63) is 28.2 Å². The van der Waals surface area contributed by atoms with Gasteiger partial charge in [-0.1, -0.05) is 45.2 Å². The fraction of sp³-hybridized carbons (Fsp3) is 0.364. The molecule has 2 rings (SSSR count). The maximum absolute atomic E-state index is 12.0. The minimum absolute atomic E-state index is 0.0289. The highest BCUT2D eigenvalue weighted by atomic mass is 79.9. The van der Waals surface area contributed by atoms with E-state index in [0.29, 0.717) is 22.3 Å². The Balaban J connectivity index is 2.40. The van der Waals surface area contributed by atoms with Crippen LogP contribution in [0.15, 0.2) is 18.2 Å². The van der Waals surface area contributed by atoms with Gasteiger partial charge in [0.05, 0.1) is 20.6 Å². The summed E-state index contributed by atoms with van der Waals surface area (Å²) in [5.41, 5.74) is 0.625. The number of anilines is 1. The van der Waals surface area contributed by atoms with E-state index in [2.05, 4.69) is 15.9 Å². The zero-order valence-electron chi connectivity index (χ0n) is 8.42. The minimum atomic E-state index is -0.131. The standard InChI is InChI=1S/C11H10BrCl2NO/c12-7-3-2-6-15(11(7)16)10-8(13)4-1-5-9(10)14/h1,4-5,7H,2-3,6H2. The molecule has 1 aromatic carbocycles. The molecule has 0 saturated carbocycles. The van der Waals surface area contributed by atoms with Gasteiger partial charge in [0, 0.05) is 6.54 Å². The summed E-state index contributed by atoms with van der Waals surface area (Å²) in [7, 11) is 0. The van der Waals surface area contributed by atoms with Crippen LogP contribution in [-0.2, 0) is 4.79 Å². The lowest BCUT2D eigenvalue weighted by Crippen LogP contribution is -2.42. The molecule has 1 saturated heterocycles. The third kappa shape index (κ3) is 2.22. The summed E-state index contributed by atoms with van der Waals surface area (Å²) >= 11 is 15.5. The second-order valence-electron chi connectivity index (χ2n) is 3.67. The van der Waals surface area contributed by atoms with Crippen molar-refractivity contribution in [2.75, 3.05) is 11.4 Å². The number of benzene rings is 1. The van der Waals surface area contributed by atoms with Crippen molar-refractivity contribution < 1.29 is 4.79 Å². The van der Waals surface area contributed by atoms with Gasteiger partial charge in [-0.25, -0.2) is 0 Å². The van der Waals surface area contributed by atoms with E-state index in [1.165, 1.54) is 0 Å². The van der Waals surface area contributed by atoms with Gasteiger partial charge in [0.1, 0.15) is 0 Å². The molecule has 0 N–H and O–H groups in total. The van der Waals surface area contributed by atoms with E-state index in [9.17, 15) is 4.79 Å². The van der Waals surface area contributed by atoms with Crippen molar-refractivity contribution in [2.24, 2.45) is 0 Å². The molecule has 5 heteroatoms. The van der Waals surface area contributed by atoms with Crippen LogP contribution in [-0.4, -0.2) is 17.3 Å². The second-order valence-corrected chi connectivity index (χ2v) is 5.59. The first-order valence-corrected chi connectivity index (χ1v) is 6.68. The summed E-state index contributed by atoms with van der Waals surface area (Å²) in [5.74, 6) is 0.0289. The maximum Gasteiger partial charge on any atom is 0.240 e. The van der Waals surface area contributed by atoms with Gasteiger partial charge in [-0.3, -0.25) is 4.79 Å². The lowest BCUT2D eigenvalue weighted by Gasteiger charge is -2.31. The van der Waals surface area contributed by atoms with Crippen LogP contribution in [0.4, 0.5) is 5.69 Å². The summed E-state index contributed by atoms with van der Waals surface area (Å²) in [6.07, 6.45) is 1.81. The summed E-state index contributed by atoms with van der Waals surface area (Å²) in [6, 6.07) is 5.26. The second kappa shape index (κ2) is 4.94. The zero-order chi connectivity index (χ0) is 11.7. The van der Waals surface area contributed by atoms with Gasteiger partial charge in [0.2, 0.25) is 5.91 Å². The third-order valence-electron chi connectivity index (χ3n) is 2.58. The Morgan fingerprint density at radius 3 is 2.56 bits per heavy atom. The number of carbonyl (C=O) groups is 1. The largest absolute Gasteiger partial charge is 0.309 e. The topological polar surface area (TPSA) is 20.3 Å². The molecule has 1 unspecified atom stereocenters. The van der Waals surface area contributed by atoms with Gasteiger partial charge in [0.15, 0.2) is 0 Å². The SMILES string of the molecule is O=C1C(Br)CCCN1c1c(Cl)cccc1Cl. The molecular formula is C11H10BrCl2NO. The van der Waals surface area contributed by atoms with Crippen LogP contribution in [0.3, 0.4) is 0 Å². The van der Waals surface area contributed by atoms with E-state index in [1.54, 1.807) is 23.1 Å². The van der Waals surface area contributed by atoms with E-state index in [-0.39, 0.29) is 10.7 Å². The predicted octanol–water partition coefficient (Wildman–Crippen LogP) is 3.88. The van der Waals surface area contributed by atoms with Crippen molar-refractivity contribution in [2.45, 2.75) is 17.7 Å². The van der Waals surface area contributed by atoms with Crippen LogP contribution >= 0.6 is 39.1 Å². The van der Waals surface area contributed by atoms with Crippen molar-refractivity contribution in [1.29, 1.82) is 0 Å². The average Bonchev–Trinajstić information content (AvgIpc) is 2.24. The van der Waals surface area contributed by atoms with E-state index in [0.717, 1.165) is 12.8 Å². The lowest BCUT2D eigenvalue weighted by atomic mass is 10.1. The smallest absolute Gasteiger partial charge is 0.240 e. The first-order chi connectivity index (χ1) is 7.61. The number of alkyl halides is 1. The van der Waals surface area contributed by atoms with Gasteiger partial charge in [-0.05, 0) is 25.0 Å². The first-order valence-electron chi connectivity index (χ1n) is 5.00. The number of hydrogen-bond acceptors (Lipinski definition) is 1. The molecule has 0 aliphatic carbocycles. The predicted molar refractivity (Wildman–Crippen MR) is 70.8 cm³/mol. The Hall–Kier alpha value is -0.250. The molecule has 2 nitrogen and oxygen atoms in total.